The third kappa shape index (κ3) is 4.54. The van der Waals surface area contributed by atoms with E-state index in [2.05, 4.69) is 10.4 Å². The number of anilines is 1. The molecule has 2 aromatic carbocycles. The molecular formula is C23H25N3O3. The van der Waals surface area contributed by atoms with Gasteiger partial charge in [0.1, 0.15) is 0 Å². The van der Waals surface area contributed by atoms with E-state index in [0.29, 0.717) is 5.69 Å². The number of benzene rings is 2. The van der Waals surface area contributed by atoms with Gasteiger partial charge in [0.2, 0.25) is 5.88 Å². The highest BCUT2D eigenvalue weighted by atomic mass is 16.5. The van der Waals surface area contributed by atoms with Crippen LogP contribution in [0.5, 0.6) is 5.88 Å². The number of carbonyl (C=O) groups is 1. The van der Waals surface area contributed by atoms with Crippen LogP contribution in [0.2, 0.25) is 0 Å². The zero-order valence-electron chi connectivity index (χ0n) is 17.3. The largest absolute Gasteiger partial charge is 0.463 e. The minimum absolute atomic E-state index is 0.200. The SMILES string of the molecule is Cc1ccc(-n2nc(O[C@H](C)C(=O)Nc3cccc(C)c3C)ccc2=O)cc1C. The average Bonchev–Trinajstić information content (AvgIpc) is 2.69. The molecule has 0 aliphatic heterocycles. The maximum Gasteiger partial charge on any atom is 0.271 e. The molecule has 150 valence electrons. The van der Waals surface area contributed by atoms with Crippen molar-refractivity contribution < 1.29 is 9.53 Å². The molecule has 1 heterocycles. The fourth-order valence-corrected chi connectivity index (χ4v) is 2.86. The summed E-state index contributed by atoms with van der Waals surface area (Å²) < 4.78 is 6.98. The monoisotopic (exact) mass is 391 g/mol. The van der Waals surface area contributed by atoms with Crippen LogP contribution >= 0.6 is 0 Å². The molecule has 0 aliphatic rings. The Labute approximate surface area is 170 Å². The van der Waals surface area contributed by atoms with Crippen molar-refractivity contribution in [2.45, 2.75) is 40.7 Å². The Morgan fingerprint density at radius 2 is 1.76 bits per heavy atom. The van der Waals surface area contributed by atoms with Crippen LogP contribution in [0.3, 0.4) is 0 Å². The van der Waals surface area contributed by atoms with Crippen LogP contribution in [0.25, 0.3) is 5.69 Å². The Hall–Kier alpha value is -3.41. The van der Waals surface area contributed by atoms with Gasteiger partial charge in [-0.3, -0.25) is 9.59 Å². The zero-order valence-corrected chi connectivity index (χ0v) is 17.3. The van der Waals surface area contributed by atoms with Gasteiger partial charge in [-0.1, -0.05) is 18.2 Å². The molecule has 3 aromatic rings. The summed E-state index contributed by atoms with van der Waals surface area (Å²) in [7, 11) is 0. The van der Waals surface area contributed by atoms with E-state index >= 15 is 0 Å². The minimum Gasteiger partial charge on any atom is -0.463 e. The Bertz CT molecular complexity index is 1120. The van der Waals surface area contributed by atoms with Crippen LogP contribution < -0.4 is 15.6 Å². The molecule has 1 N–H and O–H groups in total. The van der Waals surface area contributed by atoms with Crippen LogP contribution in [-0.2, 0) is 4.79 Å². The van der Waals surface area contributed by atoms with Crippen LogP contribution in [0, 0.1) is 27.7 Å². The summed E-state index contributed by atoms with van der Waals surface area (Å²) >= 11 is 0. The average molecular weight is 391 g/mol. The summed E-state index contributed by atoms with van der Waals surface area (Å²) in [6, 6.07) is 14.3. The van der Waals surface area contributed by atoms with Crippen molar-refractivity contribution in [3.05, 3.63) is 81.1 Å². The first-order valence-corrected chi connectivity index (χ1v) is 9.48. The van der Waals surface area contributed by atoms with E-state index in [1.54, 1.807) is 6.92 Å². The normalized spacial score (nSPS) is 11.8. The molecule has 6 nitrogen and oxygen atoms in total. The number of carbonyl (C=O) groups excluding carboxylic acids is 1. The lowest BCUT2D eigenvalue weighted by Crippen LogP contribution is -2.31. The van der Waals surface area contributed by atoms with Crippen LogP contribution in [0.15, 0.2) is 53.3 Å². The van der Waals surface area contributed by atoms with Gasteiger partial charge in [0, 0.05) is 17.8 Å². The number of amides is 1. The molecule has 0 bridgehead atoms. The Balaban J connectivity index is 1.79. The number of ether oxygens (including phenoxy) is 1. The van der Waals surface area contributed by atoms with Crippen molar-refractivity contribution in [3.63, 3.8) is 0 Å². The first kappa shape index (κ1) is 20.3. The topological polar surface area (TPSA) is 73.2 Å². The fourth-order valence-electron chi connectivity index (χ4n) is 2.86. The second-order valence-electron chi connectivity index (χ2n) is 7.19. The zero-order chi connectivity index (χ0) is 21.1. The van der Waals surface area contributed by atoms with Crippen molar-refractivity contribution in [1.82, 2.24) is 9.78 Å². The molecule has 0 saturated carbocycles. The van der Waals surface area contributed by atoms with E-state index < -0.39 is 6.10 Å². The van der Waals surface area contributed by atoms with Gasteiger partial charge in [0.25, 0.3) is 11.5 Å². The lowest BCUT2D eigenvalue weighted by Gasteiger charge is -2.16. The fraction of sp³-hybridized carbons (Fsp3) is 0.261. The van der Waals surface area contributed by atoms with Gasteiger partial charge in [-0.15, -0.1) is 5.10 Å². The number of aryl methyl sites for hydroxylation is 3. The molecule has 6 heteroatoms. The second kappa shape index (κ2) is 8.31. The molecule has 0 spiro atoms. The smallest absolute Gasteiger partial charge is 0.271 e. The van der Waals surface area contributed by atoms with Gasteiger partial charge in [0.05, 0.1) is 5.69 Å². The Morgan fingerprint density at radius 3 is 2.48 bits per heavy atom. The molecular weight excluding hydrogens is 366 g/mol. The van der Waals surface area contributed by atoms with Crippen LogP contribution in [0.4, 0.5) is 5.69 Å². The molecule has 29 heavy (non-hydrogen) atoms. The molecule has 0 radical (unpaired) electrons. The lowest BCUT2D eigenvalue weighted by molar-refractivity contribution is -0.122. The highest BCUT2D eigenvalue weighted by molar-refractivity contribution is 5.94. The molecule has 0 unspecified atom stereocenters. The first-order chi connectivity index (χ1) is 13.8. The molecule has 1 aromatic heterocycles. The van der Waals surface area contributed by atoms with E-state index in [4.69, 9.17) is 4.74 Å². The van der Waals surface area contributed by atoms with E-state index in [-0.39, 0.29) is 17.3 Å². The quantitative estimate of drug-likeness (QED) is 0.716. The number of nitrogens with one attached hydrogen (secondary N) is 1. The van der Waals surface area contributed by atoms with Crippen molar-refractivity contribution in [3.8, 4) is 11.6 Å². The number of rotatable bonds is 5. The standard InChI is InChI=1S/C23H25N3O3/c1-14-9-10-19(13-16(14)3)26-22(27)12-11-21(25-26)29-18(5)23(28)24-20-8-6-7-15(2)17(20)4/h6-13,18H,1-5H3,(H,24,28)/t18-/m1/s1. The summed E-state index contributed by atoms with van der Waals surface area (Å²) in [6.45, 7) is 9.57. The number of hydrogen-bond acceptors (Lipinski definition) is 4. The molecule has 0 saturated heterocycles. The maximum absolute atomic E-state index is 12.6. The van der Waals surface area contributed by atoms with Crippen molar-refractivity contribution >= 4 is 11.6 Å². The van der Waals surface area contributed by atoms with Gasteiger partial charge >= 0.3 is 0 Å². The Morgan fingerprint density at radius 1 is 1.00 bits per heavy atom. The van der Waals surface area contributed by atoms with Crippen molar-refractivity contribution in [1.29, 1.82) is 0 Å². The number of nitrogens with zero attached hydrogens (tertiary/aromatic N) is 2. The number of hydrogen-bond donors (Lipinski definition) is 1. The van der Waals surface area contributed by atoms with Crippen LogP contribution in [-0.4, -0.2) is 21.8 Å². The van der Waals surface area contributed by atoms with Crippen LogP contribution in [0.1, 0.15) is 29.2 Å². The van der Waals surface area contributed by atoms with E-state index in [9.17, 15) is 9.59 Å². The van der Waals surface area contributed by atoms with E-state index in [1.807, 2.05) is 64.1 Å². The van der Waals surface area contributed by atoms with Gasteiger partial charge < -0.3 is 10.1 Å². The van der Waals surface area contributed by atoms with Gasteiger partial charge in [-0.25, -0.2) is 0 Å². The maximum atomic E-state index is 12.6. The summed E-state index contributed by atoms with van der Waals surface area (Å²) in [4.78, 5) is 24.8. The highest BCUT2D eigenvalue weighted by Gasteiger charge is 2.17. The highest BCUT2D eigenvalue weighted by Crippen LogP contribution is 2.19. The molecule has 1 amide bonds. The Kier molecular flexibility index (Phi) is 5.82. The lowest BCUT2D eigenvalue weighted by atomic mass is 10.1. The molecule has 0 fully saturated rings. The molecule has 0 aliphatic carbocycles. The van der Waals surface area contributed by atoms with E-state index in [0.717, 1.165) is 27.9 Å². The first-order valence-electron chi connectivity index (χ1n) is 9.48. The van der Waals surface area contributed by atoms with Gasteiger partial charge in [0.15, 0.2) is 6.10 Å². The third-order valence-corrected chi connectivity index (χ3v) is 5.04. The molecule has 1 atom stereocenters. The summed E-state index contributed by atoms with van der Waals surface area (Å²) in [6.07, 6.45) is -0.784. The summed E-state index contributed by atoms with van der Waals surface area (Å²) in [5, 5.41) is 7.16. The van der Waals surface area contributed by atoms with E-state index in [1.165, 1.54) is 16.8 Å². The predicted molar refractivity (Wildman–Crippen MR) is 114 cm³/mol. The second-order valence-corrected chi connectivity index (χ2v) is 7.19. The third-order valence-electron chi connectivity index (χ3n) is 5.04. The molecule has 3 rings (SSSR count). The summed E-state index contributed by atoms with van der Waals surface area (Å²) in [5.74, 6) is -0.0872. The van der Waals surface area contributed by atoms with Gasteiger partial charge in [-0.05, 0) is 75.1 Å². The summed E-state index contributed by atoms with van der Waals surface area (Å²) in [5.41, 5.74) is 5.42. The predicted octanol–water partition coefficient (Wildman–Crippen LogP) is 3.87. The van der Waals surface area contributed by atoms with Crippen molar-refractivity contribution in [2.75, 3.05) is 5.32 Å². The number of aromatic nitrogens is 2. The van der Waals surface area contributed by atoms with Crippen molar-refractivity contribution in [2.24, 2.45) is 0 Å². The minimum atomic E-state index is -0.784. The van der Waals surface area contributed by atoms with Gasteiger partial charge in [-0.2, -0.15) is 4.68 Å².